The van der Waals surface area contributed by atoms with E-state index >= 15 is 0 Å². The normalized spacial score (nSPS) is 18.7. The Labute approximate surface area is 128 Å². The van der Waals surface area contributed by atoms with Gasteiger partial charge < -0.3 is 14.2 Å². The van der Waals surface area contributed by atoms with Gasteiger partial charge in [0.25, 0.3) is 5.60 Å². The van der Waals surface area contributed by atoms with Crippen LogP contribution in [0.3, 0.4) is 0 Å². The highest BCUT2D eigenvalue weighted by molar-refractivity contribution is 6.04. The van der Waals surface area contributed by atoms with E-state index in [-0.39, 0.29) is 19.6 Å². The number of hydrogen-bond acceptors (Lipinski definition) is 6. The summed E-state index contributed by atoms with van der Waals surface area (Å²) in [4.78, 5) is 24.1. The van der Waals surface area contributed by atoms with Gasteiger partial charge in [0.15, 0.2) is 0 Å². The standard InChI is InChI=1S/C16H17NO5/c1-3-20-14(18)16(15(19)21-4-2)9-13(22-16)12-7-5-11(10-17)6-8-12/h5-8,13H,3-4,9H2,1-2H3/t13-/m1/s1. The first-order chi connectivity index (χ1) is 10.6. The van der Waals surface area contributed by atoms with E-state index in [1.807, 2.05) is 6.07 Å². The summed E-state index contributed by atoms with van der Waals surface area (Å²) in [5, 5.41) is 8.78. The van der Waals surface area contributed by atoms with Gasteiger partial charge in [-0.2, -0.15) is 5.26 Å². The molecule has 22 heavy (non-hydrogen) atoms. The molecule has 1 atom stereocenters. The number of nitriles is 1. The molecule has 0 unspecified atom stereocenters. The molecule has 6 heteroatoms. The zero-order valence-corrected chi connectivity index (χ0v) is 12.5. The zero-order valence-electron chi connectivity index (χ0n) is 12.5. The number of esters is 2. The second-order valence-electron chi connectivity index (χ2n) is 4.81. The van der Waals surface area contributed by atoms with Crippen molar-refractivity contribution in [2.24, 2.45) is 0 Å². The van der Waals surface area contributed by atoms with Crippen molar-refractivity contribution in [1.29, 1.82) is 5.26 Å². The quantitative estimate of drug-likeness (QED) is 0.610. The van der Waals surface area contributed by atoms with Crippen molar-refractivity contribution < 1.29 is 23.8 Å². The van der Waals surface area contributed by atoms with E-state index < -0.39 is 23.6 Å². The van der Waals surface area contributed by atoms with Gasteiger partial charge in [-0.3, -0.25) is 0 Å². The molecular formula is C16H17NO5. The molecular weight excluding hydrogens is 286 g/mol. The molecule has 0 spiro atoms. The minimum atomic E-state index is -1.68. The Morgan fingerprint density at radius 1 is 1.23 bits per heavy atom. The monoisotopic (exact) mass is 303 g/mol. The number of ether oxygens (including phenoxy) is 3. The third-order valence-corrected chi connectivity index (χ3v) is 3.44. The van der Waals surface area contributed by atoms with Crippen molar-refractivity contribution >= 4 is 11.9 Å². The number of hydrogen-bond donors (Lipinski definition) is 0. The number of carbonyl (C=O) groups excluding carboxylic acids is 2. The van der Waals surface area contributed by atoms with Gasteiger partial charge in [0.05, 0.1) is 31.0 Å². The summed E-state index contributed by atoms with van der Waals surface area (Å²) in [6.45, 7) is 3.64. The number of rotatable bonds is 5. The number of nitrogens with zero attached hydrogens (tertiary/aromatic N) is 1. The van der Waals surface area contributed by atoms with Crippen molar-refractivity contribution in [3.05, 3.63) is 35.4 Å². The zero-order chi connectivity index (χ0) is 16.2. The molecule has 0 aliphatic carbocycles. The summed E-state index contributed by atoms with van der Waals surface area (Å²) >= 11 is 0. The van der Waals surface area contributed by atoms with E-state index in [1.54, 1.807) is 38.1 Å². The second kappa shape index (κ2) is 6.58. The van der Waals surface area contributed by atoms with E-state index in [0.29, 0.717) is 5.56 Å². The highest BCUT2D eigenvalue weighted by Gasteiger charge is 2.60. The van der Waals surface area contributed by atoms with Crippen LogP contribution in [-0.4, -0.2) is 30.8 Å². The second-order valence-corrected chi connectivity index (χ2v) is 4.81. The predicted octanol–water partition coefficient (Wildman–Crippen LogP) is 1.88. The molecule has 0 saturated carbocycles. The third kappa shape index (κ3) is 2.81. The lowest BCUT2D eigenvalue weighted by atomic mass is 9.85. The molecule has 0 aromatic heterocycles. The Hall–Kier alpha value is -2.39. The SMILES string of the molecule is CCOC(=O)C1(C(=O)OCC)C[C@H](c2ccc(C#N)cc2)O1. The van der Waals surface area contributed by atoms with Crippen LogP contribution in [0.5, 0.6) is 0 Å². The van der Waals surface area contributed by atoms with Crippen LogP contribution in [0.1, 0.15) is 37.5 Å². The van der Waals surface area contributed by atoms with Gasteiger partial charge in [-0.05, 0) is 31.5 Å². The van der Waals surface area contributed by atoms with Crippen LogP contribution in [0.2, 0.25) is 0 Å². The lowest BCUT2D eigenvalue weighted by Gasteiger charge is -2.43. The van der Waals surface area contributed by atoms with Gasteiger partial charge in [-0.25, -0.2) is 9.59 Å². The van der Waals surface area contributed by atoms with Crippen molar-refractivity contribution in [2.75, 3.05) is 13.2 Å². The van der Waals surface area contributed by atoms with Gasteiger partial charge in [-0.1, -0.05) is 12.1 Å². The average molecular weight is 303 g/mol. The van der Waals surface area contributed by atoms with Gasteiger partial charge in [0.2, 0.25) is 0 Å². The summed E-state index contributed by atoms with van der Waals surface area (Å²) in [6, 6.07) is 8.83. The fraction of sp³-hybridized carbons (Fsp3) is 0.438. The third-order valence-electron chi connectivity index (χ3n) is 3.44. The van der Waals surface area contributed by atoms with Crippen LogP contribution in [0.25, 0.3) is 0 Å². The maximum absolute atomic E-state index is 12.0. The fourth-order valence-corrected chi connectivity index (χ4v) is 2.29. The van der Waals surface area contributed by atoms with Crippen molar-refractivity contribution in [3.8, 4) is 6.07 Å². The summed E-state index contributed by atoms with van der Waals surface area (Å²) in [7, 11) is 0. The fourth-order valence-electron chi connectivity index (χ4n) is 2.29. The van der Waals surface area contributed by atoms with E-state index in [4.69, 9.17) is 19.5 Å². The largest absolute Gasteiger partial charge is 0.463 e. The molecule has 116 valence electrons. The molecule has 0 radical (unpaired) electrons. The lowest BCUT2D eigenvalue weighted by molar-refractivity contribution is -0.238. The van der Waals surface area contributed by atoms with E-state index in [9.17, 15) is 9.59 Å². The van der Waals surface area contributed by atoms with Gasteiger partial charge >= 0.3 is 11.9 Å². The molecule has 1 aliphatic rings. The molecule has 1 fully saturated rings. The molecule has 1 aromatic rings. The van der Waals surface area contributed by atoms with Crippen LogP contribution < -0.4 is 0 Å². The molecule has 1 aromatic carbocycles. The summed E-state index contributed by atoms with van der Waals surface area (Å²) < 4.78 is 15.4. The van der Waals surface area contributed by atoms with Crippen LogP contribution in [0.15, 0.2) is 24.3 Å². The molecule has 0 bridgehead atoms. The minimum absolute atomic E-state index is 0.158. The Balaban J connectivity index is 2.14. The van der Waals surface area contributed by atoms with Crippen LogP contribution in [0, 0.1) is 11.3 Å². The Morgan fingerprint density at radius 2 is 1.73 bits per heavy atom. The van der Waals surface area contributed by atoms with E-state index in [1.165, 1.54) is 0 Å². The summed E-state index contributed by atoms with van der Waals surface area (Å²) in [5.41, 5.74) is -0.349. The molecule has 1 saturated heterocycles. The number of carbonyl (C=O) groups is 2. The predicted molar refractivity (Wildman–Crippen MR) is 75.6 cm³/mol. The maximum Gasteiger partial charge on any atom is 0.350 e. The van der Waals surface area contributed by atoms with Gasteiger partial charge in [-0.15, -0.1) is 0 Å². The first-order valence-corrected chi connectivity index (χ1v) is 7.09. The maximum atomic E-state index is 12.0. The smallest absolute Gasteiger partial charge is 0.350 e. The minimum Gasteiger partial charge on any atom is -0.463 e. The van der Waals surface area contributed by atoms with Crippen molar-refractivity contribution in [2.45, 2.75) is 32.0 Å². The lowest BCUT2D eigenvalue weighted by Crippen LogP contribution is -2.59. The summed E-state index contributed by atoms with van der Waals surface area (Å²) in [6.07, 6.45) is -0.238. The van der Waals surface area contributed by atoms with Crippen molar-refractivity contribution in [3.63, 3.8) is 0 Å². The average Bonchev–Trinajstić information content (AvgIpc) is 2.47. The molecule has 0 amide bonds. The Bertz CT molecular complexity index is 576. The number of benzene rings is 1. The Morgan fingerprint density at radius 3 is 2.14 bits per heavy atom. The first-order valence-electron chi connectivity index (χ1n) is 7.09. The highest BCUT2D eigenvalue weighted by atomic mass is 16.6. The van der Waals surface area contributed by atoms with Crippen LogP contribution in [0.4, 0.5) is 0 Å². The van der Waals surface area contributed by atoms with Crippen LogP contribution in [-0.2, 0) is 23.8 Å². The molecule has 6 nitrogen and oxygen atoms in total. The van der Waals surface area contributed by atoms with E-state index in [0.717, 1.165) is 5.56 Å². The van der Waals surface area contributed by atoms with Crippen molar-refractivity contribution in [1.82, 2.24) is 0 Å². The van der Waals surface area contributed by atoms with Gasteiger partial charge in [0, 0.05) is 6.42 Å². The van der Waals surface area contributed by atoms with Gasteiger partial charge in [0.1, 0.15) is 0 Å². The molecule has 0 N–H and O–H groups in total. The topological polar surface area (TPSA) is 85.6 Å². The molecule has 1 aliphatic heterocycles. The molecule has 2 rings (SSSR count). The first kappa shape index (κ1) is 16.0. The van der Waals surface area contributed by atoms with Crippen LogP contribution >= 0.6 is 0 Å². The highest BCUT2D eigenvalue weighted by Crippen LogP contribution is 2.44. The molecule has 1 heterocycles. The van der Waals surface area contributed by atoms with E-state index in [2.05, 4.69) is 0 Å². The summed E-state index contributed by atoms with van der Waals surface area (Å²) in [5.74, 6) is -1.45. The Kier molecular flexibility index (Phi) is 4.78.